The molecule has 20 heavy (non-hydrogen) atoms. The number of amides is 2. The van der Waals surface area contributed by atoms with Crippen LogP contribution in [0.5, 0.6) is 0 Å². The Labute approximate surface area is 127 Å². The fourth-order valence-electron chi connectivity index (χ4n) is 1.68. The van der Waals surface area contributed by atoms with E-state index in [1.54, 1.807) is 7.11 Å². The van der Waals surface area contributed by atoms with Crippen LogP contribution >= 0.6 is 15.9 Å². The number of ether oxygens (including phenoxy) is 1. The number of rotatable bonds is 6. The van der Waals surface area contributed by atoms with E-state index in [0.717, 1.165) is 15.7 Å². The van der Waals surface area contributed by atoms with E-state index in [9.17, 15) is 9.59 Å². The molecule has 0 aliphatic heterocycles. The molecular formula is C14H19BrN2O3. The lowest BCUT2D eigenvalue weighted by molar-refractivity contribution is -0.133. The highest BCUT2D eigenvalue weighted by molar-refractivity contribution is 9.10. The summed E-state index contributed by atoms with van der Waals surface area (Å²) in [6.07, 6.45) is 0. The molecule has 1 N–H and O–H groups in total. The first-order chi connectivity index (χ1) is 9.43. The third-order valence-electron chi connectivity index (χ3n) is 2.81. The molecule has 1 rings (SSSR count). The van der Waals surface area contributed by atoms with Crippen LogP contribution in [0.15, 0.2) is 22.7 Å². The average molecular weight is 343 g/mol. The Morgan fingerprint density at radius 3 is 2.65 bits per heavy atom. The van der Waals surface area contributed by atoms with Crippen molar-refractivity contribution in [1.82, 2.24) is 4.90 Å². The zero-order chi connectivity index (χ0) is 15.1. The number of carbonyl (C=O) groups is 2. The summed E-state index contributed by atoms with van der Waals surface area (Å²) in [7, 11) is 1.56. The van der Waals surface area contributed by atoms with Crippen molar-refractivity contribution < 1.29 is 14.3 Å². The molecule has 0 unspecified atom stereocenters. The molecule has 0 saturated carbocycles. The van der Waals surface area contributed by atoms with Crippen molar-refractivity contribution in [3.63, 3.8) is 0 Å². The van der Waals surface area contributed by atoms with Gasteiger partial charge in [-0.3, -0.25) is 9.59 Å². The fraction of sp³-hybridized carbons (Fsp3) is 0.429. The highest BCUT2D eigenvalue weighted by atomic mass is 79.9. The average Bonchev–Trinajstić information content (AvgIpc) is 2.37. The standard InChI is InChI=1S/C14H19BrN2O3/c1-10-8-12(15)4-5-13(10)16-14(19)9-17(11(2)18)6-7-20-3/h4-5,8H,6-7,9H2,1-3H3,(H,16,19). The van der Waals surface area contributed by atoms with Crippen molar-refractivity contribution in [3.05, 3.63) is 28.2 Å². The van der Waals surface area contributed by atoms with Gasteiger partial charge in [0.25, 0.3) is 0 Å². The molecule has 0 fully saturated rings. The van der Waals surface area contributed by atoms with E-state index in [4.69, 9.17) is 4.74 Å². The molecule has 1 aromatic carbocycles. The summed E-state index contributed by atoms with van der Waals surface area (Å²) in [5.41, 5.74) is 1.70. The fourth-order valence-corrected chi connectivity index (χ4v) is 2.16. The summed E-state index contributed by atoms with van der Waals surface area (Å²) in [5, 5.41) is 2.80. The van der Waals surface area contributed by atoms with Crippen LogP contribution in [0.1, 0.15) is 12.5 Å². The predicted molar refractivity (Wildman–Crippen MR) is 81.6 cm³/mol. The third kappa shape index (κ3) is 5.30. The van der Waals surface area contributed by atoms with Gasteiger partial charge < -0.3 is 15.0 Å². The first kappa shape index (κ1) is 16.7. The van der Waals surface area contributed by atoms with Crippen molar-refractivity contribution in [3.8, 4) is 0 Å². The summed E-state index contributed by atoms with van der Waals surface area (Å²) >= 11 is 3.37. The molecule has 0 spiro atoms. The number of methoxy groups -OCH3 is 1. The van der Waals surface area contributed by atoms with Gasteiger partial charge in [-0.1, -0.05) is 15.9 Å². The van der Waals surface area contributed by atoms with Gasteiger partial charge in [0.1, 0.15) is 0 Å². The third-order valence-corrected chi connectivity index (χ3v) is 3.30. The van der Waals surface area contributed by atoms with E-state index < -0.39 is 0 Å². The smallest absolute Gasteiger partial charge is 0.244 e. The SMILES string of the molecule is COCCN(CC(=O)Nc1ccc(Br)cc1C)C(C)=O. The lowest BCUT2D eigenvalue weighted by atomic mass is 10.2. The number of carbonyl (C=O) groups excluding carboxylic acids is 2. The Morgan fingerprint density at radius 2 is 2.10 bits per heavy atom. The molecule has 0 aliphatic rings. The van der Waals surface area contributed by atoms with Crippen molar-refractivity contribution in [2.75, 3.05) is 32.1 Å². The normalized spacial score (nSPS) is 10.2. The molecule has 110 valence electrons. The van der Waals surface area contributed by atoms with Crippen molar-refractivity contribution in [2.45, 2.75) is 13.8 Å². The van der Waals surface area contributed by atoms with E-state index >= 15 is 0 Å². The van der Waals surface area contributed by atoms with Gasteiger partial charge in [0, 0.05) is 30.7 Å². The predicted octanol–water partition coefficient (Wildman–Crippen LogP) is 2.19. The molecule has 0 aliphatic carbocycles. The van der Waals surface area contributed by atoms with Gasteiger partial charge in [0.2, 0.25) is 11.8 Å². The van der Waals surface area contributed by atoms with Crippen molar-refractivity contribution >= 4 is 33.4 Å². The van der Waals surface area contributed by atoms with Crippen LogP contribution < -0.4 is 5.32 Å². The van der Waals surface area contributed by atoms with Crippen LogP contribution in [0.4, 0.5) is 5.69 Å². The summed E-state index contributed by atoms with van der Waals surface area (Å²) in [4.78, 5) is 24.9. The molecule has 6 heteroatoms. The number of nitrogens with one attached hydrogen (secondary N) is 1. The first-order valence-electron chi connectivity index (χ1n) is 6.24. The number of hydrogen-bond acceptors (Lipinski definition) is 3. The molecule has 0 heterocycles. The number of benzene rings is 1. The topological polar surface area (TPSA) is 58.6 Å². The number of hydrogen-bond donors (Lipinski definition) is 1. The summed E-state index contributed by atoms with van der Waals surface area (Å²) in [5.74, 6) is -0.369. The second-order valence-corrected chi connectivity index (χ2v) is 5.36. The molecule has 0 bridgehead atoms. The molecule has 1 aromatic rings. The number of anilines is 1. The second kappa shape index (κ2) is 8.01. The molecule has 0 saturated heterocycles. The second-order valence-electron chi connectivity index (χ2n) is 4.44. The van der Waals surface area contributed by atoms with Gasteiger partial charge in [-0.15, -0.1) is 0 Å². The maximum atomic E-state index is 12.0. The van der Waals surface area contributed by atoms with Gasteiger partial charge in [-0.2, -0.15) is 0 Å². The highest BCUT2D eigenvalue weighted by Gasteiger charge is 2.14. The van der Waals surface area contributed by atoms with Crippen LogP contribution in [0, 0.1) is 6.92 Å². The summed E-state index contributed by atoms with van der Waals surface area (Å²) in [6, 6.07) is 5.60. The van der Waals surface area contributed by atoms with Gasteiger partial charge in [-0.25, -0.2) is 0 Å². The van der Waals surface area contributed by atoms with Crippen LogP contribution in [-0.2, 0) is 14.3 Å². The van der Waals surface area contributed by atoms with Crippen LogP contribution in [0.2, 0.25) is 0 Å². The Hall–Kier alpha value is -1.40. The van der Waals surface area contributed by atoms with Crippen molar-refractivity contribution in [2.24, 2.45) is 0 Å². The number of aryl methyl sites for hydroxylation is 1. The minimum Gasteiger partial charge on any atom is -0.383 e. The molecule has 0 radical (unpaired) electrons. The Bertz CT molecular complexity index is 491. The van der Waals surface area contributed by atoms with Gasteiger partial charge in [0.15, 0.2) is 0 Å². The number of nitrogens with zero attached hydrogens (tertiary/aromatic N) is 1. The molecule has 0 aromatic heterocycles. The first-order valence-corrected chi connectivity index (χ1v) is 7.03. The minimum absolute atomic E-state index is 0.0220. The lowest BCUT2D eigenvalue weighted by Crippen LogP contribution is -2.38. The largest absolute Gasteiger partial charge is 0.383 e. The Balaban J connectivity index is 2.63. The zero-order valence-electron chi connectivity index (χ0n) is 11.9. The van der Waals surface area contributed by atoms with E-state index in [1.165, 1.54) is 11.8 Å². The van der Waals surface area contributed by atoms with Gasteiger partial charge in [-0.05, 0) is 30.7 Å². The van der Waals surface area contributed by atoms with Crippen molar-refractivity contribution in [1.29, 1.82) is 0 Å². The van der Waals surface area contributed by atoms with Gasteiger partial charge in [0.05, 0.1) is 13.2 Å². The Kier molecular flexibility index (Phi) is 6.67. The van der Waals surface area contributed by atoms with Crippen LogP contribution in [0.25, 0.3) is 0 Å². The number of halogens is 1. The van der Waals surface area contributed by atoms with E-state index in [-0.39, 0.29) is 18.4 Å². The quantitative estimate of drug-likeness (QED) is 0.861. The van der Waals surface area contributed by atoms with Gasteiger partial charge >= 0.3 is 0 Å². The van der Waals surface area contributed by atoms with Crippen LogP contribution in [-0.4, -0.2) is 43.5 Å². The monoisotopic (exact) mass is 342 g/mol. The highest BCUT2D eigenvalue weighted by Crippen LogP contribution is 2.19. The van der Waals surface area contributed by atoms with E-state index in [2.05, 4.69) is 21.2 Å². The van der Waals surface area contributed by atoms with E-state index in [1.807, 2.05) is 25.1 Å². The van der Waals surface area contributed by atoms with Crippen LogP contribution in [0.3, 0.4) is 0 Å². The molecule has 0 atom stereocenters. The lowest BCUT2D eigenvalue weighted by Gasteiger charge is -2.20. The summed E-state index contributed by atoms with van der Waals surface area (Å²) < 4.78 is 5.88. The zero-order valence-corrected chi connectivity index (χ0v) is 13.5. The maximum absolute atomic E-state index is 12.0. The molecular weight excluding hydrogens is 324 g/mol. The van der Waals surface area contributed by atoms with E-state index in [0.29, 0.717) is 13.2 Å². The minimum atomic E-state index is -0.221. The maximum Gasteiger partial charge on any atom is 0.244 e. The molecule has 5 nitrogen and oxygen atoms in total. The Morgan fingerprint density at radius 1 is 1.40 bits per heavy atom. The summed E-state index contributed by atoms with van der Waals surface area (Å²) in [6.45, 7) is 4.18. The molecule has 2 amide bonds.